The molecule has 138 valence electrons. The molecule has 0 saturated carbocycles. The Morgan fingerprint density at radius 2 is 1.48 bits per heavy atom. The van der Waals surface area contributed by atoms with Crippen molar-refractivity contribution in [1.82, 2.24) is 5.32 Å². The number of nitrogens with one attached hydrogen (secondary N) is 1. The molecule has 3 heteroatoms. The summed E-state index contributed by atoms with van der Waals surface area (Å²) in [7, 11) is 0. The van der Waals surface area contributed by atoms with Crippen LogP contribution >= 0.6 is 0 Å². The number of ether oxygens (including phenoxy) is 1. The highest BCUT2D eigenvalue weighted by Crippen LogP contribution is 2.25. The molecular formula is C24H25NO2. The first kappa shape index (κ1) is 18.7. The molecule has 0 bridgehead atoms. The van der Waals surface area contributed by atoms with E-state index in [1.54, 1.807) is 0 Å². The predicted octanol–water partition coefficient (Wildman–Crippen LogP) is 5.29. The molecule has 1 amide bonds. The van der Waals surface area contributed by atoms with E-state index in [1.165, 1.54) is 5.56 Å². The molecule has 0 spiro atoms. The average Bonchev–Trinajstić information content (AvgIpc) is 2.72. The van der Waals surface area contributed by atoms with Crippen LogP contribution in [-0.2, 0) is 0 Å². The van der Waals surface area contributed by atoms with Gasteiger partial charge in [0.05, 0.1) is 6.54 Å². The molecule has 27 heavy (non-hydrogen) atoms. The maximum Gasteiger partial charge on any atom is 0.251 e. The molecule has 0 saturated heterocycles. The molecule has 0 heterocycles. The third-order valence-electron chi connectivity index (χ3n) is 4.44. The molecule has 3 aromatic carbocycles. The SMILES string of the molecule is CC(C)c1ccccc1OCCNC(=O)c1ccc(-c2ccccc2)cc1. The van der Waals surface area contributed by atoms with Gasteiger partial charge in [-0.1, -0.05) is 74.5 Å². The van der Waals surface area contributed by atoms with Crippen molar-refractivity contribution in [2.75, 3.05) is 13.2 Å². The van der Waals surface area contributed by atoms with Crippen LogP contribution in [-0.4, -0.2) is 19.1 Å². The fourth-order valence-electron chi connectivity index (χ4n) is 2.96. The Morgan fingerprint density at radius 1 is 0.852 bits per heavy atom. The van der Waals surface area contributed by atoms with E-state index in [9.17, 15) is 4.79 Å². The highest BCUT2D eigenvalue weighted by atomic mass is 16.5. The summed E-state index contributed by atoms with van der Waals surface area (Å²) in [4.78, 5) is 12.3. The van der Waals surface area contributed by atoms with Crippen LogP contribution in [0.15, 0.2) is 78.9 Å². The number of hydrogen-bond acceptors (Lipinski definition) is 2. The zero-order valence-electron chi connectivity index (χ0n) is 15.8. The highest BCUT2D eigenvalue weighted by Gasteiger charge is 2.08. The Bertz CT molecular complexity index is 870. The summed E-state index contributed by atoms with van der Waals surface area (Å²) in [6.07, 6.45) is 0. The fraction of sp³-hybridized carbons (Fsp3) is 0.208. The normalized spacial score (nSPS) is 10.6. The zero-order chi connectivity index (χ0) is 19.1. The van der Waals surface area contributed by atoms with Crippen LogP contribution in [0.25, 0.3) is 11.1 Å². The van der Waals surface area contributed by atoms with Crippen molar-refractivity contribution < 1.29 is 9.53 Å². The van der Waals surface area contributed by atoms with E-state index in [2.05, 4.69) is 37.4 Å². The van der Waals surface area contributed by atoms with E-state index in [1.807, 2.05) is 60.7 Å². The van der Waals surface area contributed by atoms with Crippen LogP contribution < -0.4 is 10.1 Å². The maximum atomic E-state index is 12.3. The van der Waals surface area contributed by atoms with Gasteiger partial charge in [-0.2, -0.15) is 0 Å². The van der Waals surface area contributed by atoms with Gasteiger partial charge >= 0.3 is 0 Å². The molecule has 0 aromatic heterocycles. The van der Waals surface area contributed by atoms with Gasteiger partial charge in [-0.25, -0.2) is 0 Å². The average molecular weight is 359 g/mol. The Labute approximate surface area is 161 Å². The molecule has 3 nitrogen and oxygen atoms in total. The van der Waals surface area contributed by atoms with Gasteiger partial charge in [-0.05, 0) is 40.8 Å². The molecule has 3 aromatic rings. The summed E-state index contributed by atoms with van der Waals surface area (Å²) >= 11 is 0. The lowest BCUT2D eigenvalue weighted by molar-refractivity contribution is 0.0947. The monoisotopic (exact) mass is 359 g/mol. The van der Waals surface area contributed by atoms with Crippen LogP contribution in [0.5, 0.6) is 5.75 Å². The van der Waals surface area contributed by atoms with E-state index in [0.29, 0.717) is 24.6 Å². The van der Waals surface area contributed by atoms with Gasteiger partial charge in [0.15, 0.2) is 0 Å². The summed E-state index contributed by atoms with van der Waals surface area (Å²) in [5, 5.41) is 2.91. The number of benzene rings is 3. The van der Waals surface area contributed by atoms with Gasteiger partial charge in [0.2, 0.25) is 0 Å². The molecule has 1 N–H and O–H groups in total. The summed E-state index contributed by atoms with van der Waals surface area (Å²) in [6.45, 7) is 5.19. The first-order valence-corrected chi connectivity index (χ1v) is 9.30. The molecule has 0 radical (unpaired) electrons. The van der Waals surface area contributed by atoms with Crippen molar-refractivity contribution in [3.63, 3.8) is 0 Å². The number of amides is 1. The fourth-order valence-corrected chi connectivity index (χ4v) is 2.96. The summed E-state index contributed by atoms with van der Waals surface area (Å²) in [6, 6.07) is 25.8. The first-order valence-electron chi connectivity index (χ1n) is 9.30. The molecular weight excluding hydrogens is 334 g/mol. The zero-order valence-corrected chi connectivity index (χ0v) is 15.8. The van der Waals surface area contributed by atoms with E-state index in [4.69, 9.17) is 4.74 Å². The van der Waals surface area contributed by atoms with Gasteiger partial charge in [0, 0.05) is 5.56 Å². The van der Waals surface area contributed by atoms with Gasteiger partial charge in [-0.15, -0.1) is 0 Å². The van der Waals surface area contributed by atoms with Crippen molar-refractivity contribution in [2.24, 2.45) is 0 Å². The second-order valence-corrected chi connectivity index (χ2v) is 6.74. The third-order valence-corrected chi connectivity index (χ3v) is 4.44. The Kier molecular flexibility index (Phi) is 6.26. The number of carbonyl (C=O) groups excluding carboxylic acids is 1. The second-order valence-electron chi connectivity index (χ2n) is 6.74. The quantitative estimate of drug-likeness (QED) is 0.582. The lowest BCUT2D eigenvalue weighted by Gasteiger charge is -2.14. The summed E-state index contributed by atoms with van der Waals surface area (Å²) in [5.74, 6) is 1.20. The van der Waals surface area contributed by atoms with E-state index >= 15 is 0 Å². The van der Waals surface area contributed by atoms with Crippen molar-refractivity contribution in [2.45, 2.75) is 19.8 Å². The molecule has 0 atom stereocenters. The second kappa shape index (κ2) is 9.04. The lowest BCUT2D eigenvalue weighted by Crippen LogP contribution is -2.28. The highest BCUT2D eigenvalue weighted by molar-refractivity contribution is 5.94. The minimum Gasteiger partial charge on any atom is -0.491 e. The van der Waals surface area contributed by atoms with Crippen LogP contribution in [0.4, 0.5) is 0 Å². The molecule has 0 aliphatic heterocycles. The number of para-hydroxylation sites is 1. The lowest BCUT2D eigenvalue weighted by atomic mass is 10.0. The van der Waals surface area contributed by atoms with Crippen LogP contribution in [0.1, 0.15) is 35.7 Å². The van der Waals surface area contributed by atoms with Gasteiger partial charge in [0.1, 0.15) is 12.4 Å². The number of carbonyl (C=O) groups is 1. The van der Waals surface area contributed by atoms with Gasteiger partial charge in [-0.3, -0.25) is 4.79 Å². The first-order chi connectivity index (χ1) is 13.1. The third kappa shape index (κ3) is 4.98. The minimum atomic E-state index is -0.0876. The van der Waals surface area contributed by atoms with Gasteiger partial charge < -0.3 is 10.1 Å². The van der Waals surface area contributed by atoms with E-state index in [-0.39, 0.29) is 5.91 Å². The van der Waals surface area contributed by atoms with Crippen LogP contribution in [0, 0.1) is 0 Å². The van der Waals surface area contributed by atoms with Crippen LogP contribution in [0.3, 0.4) is 0 Å². The molecule has 0 fully saturated rings. The number of hydrogen-bond donors (Lipinski definition) is 1. The Morgan fingerprint density at radius 3 is 2.19 bits per heavy atom. The summed E-state index contributed by atoms with van der Waals surface area (Å²) < 4.78 is 5.85. The largest absolute Gasteiger partial charge is 0.491 e. The van der Waals surface area contributed by atoms with Crippen molar-refractivity contribution in [1.29, 1.82) is 0 Å². The van der Waals surface area contributed by atoms with Crippen LogP contribution in [0.2, 0.25) is 0 Å². The topological polar surface area (TPSA) is 38.3 Å². The minimum absolute atomic E-state index is 0.0876. The molecule has 0 unspecified atom stereocenters. The molecule has 0 aliphatic carbocycles. The van der Waals surface area contributed by atoms with E-state index in [0.717, 1.165) is 16.9 Å². The summed E-state index contributed by atoms with van der Waals surface area (Å²) in [5.41, 5.74) is 4.07. The maximum absolute atomic E-state index is 12.3. The van der Waals surface area contributed by atoms with Crippen molar-refractivity contribution in [3.05, 3.63) is 90.0 Å². The smallest absolute Gasteiger partial charge is 0.251 e. The van der Waals surface area contributed by atoms with Crippen molar-refractivity contribution >= 4 is 5.91 Å². The van der Waals surface area contributed by atoms with E-state index < -0.39 is 0 Å². The number of rotatable bonds is 7. The Balaban J connectivity index is 1.51. The standard InChI is InChI=1S/C24H25NO2/c1-18(2)22-10-6-7-11-23(22)27-17-16-25-24(26)21-14-12-20(13-15-21)19-8-4-3-5-9-19/h3-15,18H,16-17H2,1-2H3,(H,25,26). The Hall–Kier alpha value is -3.07. The predicted molar refractivity (Wildman–Crippen MR) is 110 cm³/mol. The molecule has 3 rings (SSSR count). The van der Waals surface area contributed by atoms with Crippen molar-refractivity contribution in [3.8, 4) is 16.9 Å². The molecule has 0 aliphatic rings. The van der Waals surface area contributed by atoms with Gasteiger partial charge in [0.25, 0.3) is 5.91 Å².